The fraction of sp³-hybridized carbons (Fsp3) is 0.355. The minimum absolute atomic E-state index is 0.0478. The first-order valence-electron chi connectivity index (χ1n) is 12.8. The number of hydrogen-bond donors (Lipinski definition) is 1. The third-order valence-corrected chi connectivity index (χ3v) is 6.73. The summed E-state index contributed by atoms with van der Waals surface area (Å²) in [4.78, 5) is 28.8. The van der Waals surface area contributed by atoms with Crippen LogP contribution >= 0.6 is 15.9 Å². The van der Waals surface area contributed by atoms with E-state index < -0.39 is 6.04 Å². The Balaban J connectivity index is 1.91. The van der Waals surface area contributed by atoms with Gasteiger partial charge in [0.15, 0.2) is 6.61 Å². The van der Waals surface area contributed by atoms with Gasteiger partial charge in [-0.25, -0.2) is 0 Å². The molecule has 3 aromatic carbocycles. The molecule has 1 unspecified atom stereocenters. The molecule has 2 amide bonds. The second-order valence-electron chi connectivity index (χ2n) is 10.0. The maximum atomic E-state index is 13.7. The van der Waals surface area contributed by atoms with Crippen LogP contribution in [0.2, 0.25) is 0 Å². The number of carbonyl (C=O) groups excluding carboxylic acids is 2. The molecule has 0 aliphatic heterocycles. The monoisotopic (exact) mass is 564 g/mol. The number of ether oxygens (including phenoxy) is 1. The van der Waals surface area contributed by atoms with Gasteiger partial charge < -0.3 is 15.0 Å². The topological polar surface area (TPSA) is 58.6 Å². The Morgan fingerprint density at radius 3 is 2.24 bits per heavy atom. The van der Waals surface area contributed by atoms with Crippen molar-refractivity contribution < 1.29 is 14.3 Å². The zero-order valence-corrected chi connectivity index (χ0v) is 23.9. The normalized spacial score (nSPS) is 11.9. The summed E-state index contributed by atoms with van der Waals surface area (Å²) < 4.78 is 6.77. The molecule has 0 aromatic heterocycles. The first-order chi connectivity index (χ1) is 17.6. The maximum Gasteiger partial charge on any atom is 0.261 e. The van der Waals surface area contributed by atoms with Gasteiger partial charge in [-0.05, 0) is 71.4 Å². The first-order valence-corrected chi connectivity index (χ1v) is 13.5. The van der Waals surface area contributed by atoms with Gasteiger partial charge in [-0.3, -0.25) is 9.59 Å². The molecule has 0 aliphatic rings. The summed E-state index contributed by atoms with van der Waals surface area (Å²) in [5, 5.41) is 3.01. The molecule has 3 rings (SSSR count). The minimum atomic E-state index is -0.687. The molecule has 6 heteroatoms. The number of carbonyl (C=O) groups is 2. The number of benzene rings is 3. The lowest BCUT2D eigenvalue weighted by Gasteiger charge is -2.32. The lowest BCUT2D eigenvalue weighted by molar-refractivity contribution is -0.143. The molecule has 37 heavy (non-hydrogen) atoms. The summed E-state index contributed by atoms with van der Waals surface area (Å²) >= 11 is 3.57. The Bertz CT molecular complexity index is 1190. The number of aryl methyl sites for hydroxylation is 1. The number of halogens is 1. The molecule has 196 valence electrons. The van der Waals surface area contributed by atoms with Crippen LogP contribution in [0.3, 0.4) is 0 Å². The molecule has 0 fully saturated rings. The molecular weight excluding hydrogens is 528 g/mol. The van der Waals surface area contributed by atoms with E-state index in [0.29, 0.717) is 24.6 Å². The fourth-order valence-corrected chi connectivity index (χ4v) is 4.67. The van der Waals surface area contributed by atoms with Crippen LogP contribution in [0.25, 0.3) is 0 Å². The molecule has 0 saturated carbocycles. The molecule has 0 radical (unpaired) electrons. The SMILES string of the molecule is Cc1cccc(CN(C(=O)COc2ccc(C(C)C)cc2Br)C(Cc2ccccc2)C(=O)NC(C)C)c1. The largest absolute Gasteiger partial charge is 0.483 e. The van der Waals surface area contributed by atoms with Crippen molar-refractivity contribution in [1.29, 1.82) is 0 Å². The van der Waals surface area contributed by atoms with E-state index in [9.17, 15) is 9.59 Å². The lowest BCUT2D eigenvalue weighted by Crippen LogP contribution is -2.52. The van der Waals surface area contributed by atoms with Crippen LogP contribution in [0.15, 0.2) is 77.3 Å². The highest BCUT2D eigenvalue weighted by molar-refractivity contribution is 9.10. The summed E-state index contributed by atoms with van der Waals surface area (Å²) in [6.45, 7) is 10.3. The molecule has 0 saturated heterocycles. The minimum Gasteiger partial charge on any atom is -0.483 e. The molecule has 1 atom stereocenters. The number of amides is 2. The summed E-state index contributed by atoms with van der Waals surface area (Å²) in [5.74, 6) is 0.554. The number of nitrogens with one attached hydrogen (secondary N) is 1. The molecule has 0 heterocycles. The van der Waals surface area contributed by atoms with E-state index in [4.69, 9.17) is 4.74 Å². The van der Waals surface area contributed by atoms with Crippen molar-refractivity contribution in [2.75, 3.05) is 6.61 Å². The number of hydrogen-bond acceptors (Lipinski definition) is 3. The van der Waals surface area contributed by atoms with Gasteiger partial charge in [0.2, 0.25) is 5.91 Å². The summed E-state index contributed by atoms with van der Waals surface area (Å²) in [6, 6.07) is 23.0. The first kappa shape index (κ1) is 28.5. The van der Waals surface area contributed by atoms with Crippen molar-refractivity contribution >= 4 is 27.7 Å². The maximum absolute atomic E-state index is 13.7. The van der Waals surface area contributed by atoms with E-state index >= 15 is 0 Å². The van der Waals surface area contributed by atoms with Gasteiger partial charge in [0.1, 0.15) is 11.8 Å². The van der Waals surface area contributed by atoms with Gasteiger partial charge >= 0.3 is 0 Å². The molecule has 5 nitrogen and oxygen atoms in total. The standard InChI is InChI=1S/C31H37BrN2O3/c1-21(2)26-14-15-29(27(32)18-26)37-20-30(35)34(19-25-13-9-10-23(5)16-25)28(31(36)33-22(3)4)17-24-11-7-6-8-12-24/h6-16,18,21-22,28H,17,19-20H2,1-5H3,(H,33,36). The number of nitrogens with zero attached hydrogens (tertiary/aromatic N) is 1. The highest BCUT2D eigenvalue weighted by Gasteiger charge is 2.31. The third kappa shape index (κ3) is 8.46. The van der Waals surface area contributed by atoms with Crippen molar-refractivity contribution in [3.05, 3.63) is 99.5 Å². The van der Waals surface area contributed by atoms with Gasteiger partial charge in [-0.15, -0.1) is 0 Å². The molecule has 0 bridgehead atoms. The smallest absolute Gasteiger partial charge is 0.261 e. The Labute approximate surface area is 229 Å². The van der Waals surface area contributed by atoms with Crippen LogP contribution in [0.1, 0.15) is 55.9 Å². The Morgan fingerprint density at radius 1 is 0.919 bits per heavy atom. The third-order valence-electron chi connectivity index (χ3n) is 6.11. The van der Waals surface area contributed by atoms with Crippen molar-refractivity contribution in [3.63, 3.8) is 0 Å². The highest BCUT2D eigenvalue weighted by Crippen LogP contribution is 2.29. The van der Waals surface area contributed by atoms with Gasteiger partial charge in [-0.1, -0.05) is 80.1 Å². The molecule has 1 N–H and O–H groups in total. The van der Waals surface area contributed by atoms with Crippen LogP contribution in [-0.4, -0.2) is 35.4 Å². The van der Waals surface area contributed by atoms with Crippen LogP contribution in [0.5, 0.6) is 5.75 Å². The fourth-order valence-electron chi connectivity index (χ4n) is 4.16. The molecule has 0 spiro atoms. The molecule has 0 aliphatic carbocycles. The van der Waals surface area contributed by atoms with Gasteiger partial charge in [0.05, 0.1) is 4.47 Å². The molecule has 3 aromatic rings. The van der Waals surface area contributed by atoms with Crippen LogP contribution in [0, 0.1) is 6.92 Å². The van der Waals surface area contributed by atoms with Crippen molar-refractivity contribution in [2.24, 2.45) is 0 Å². The van der Waals surface area contributed by atoms with Gasteiger partial charge in [-0.2, -0.15) is 0 Å². The second-order valence-corrected chi connectivity index (χ2v) is 10.9. The number of rotatable bonds is 11. The quantitative estimate of drug-likeness (QED) is 0.292. The van der Waals surface area contributed by atoms with E-state index in [1.807, 2.05) is 93.6 Å². The summed E-state index contributed by atoms with van der Waals surface area (Å²) in [7, 11) is 0. The Kier molecular flexibility index (Phi) is 10.3. The van der Waals surface area contributed by atoms with Crippen molar-refractivity contribution in [2.45, 2.75) is 65.6 Å². The zero-order chi connectivity index (χ0) is 26.9. The van der Waals surface area contributed by atoms with Crippen LogP contribution in [0.4, 0.5) is 0 Å². The van der Waals surface area contributed by atoms with E-state index in [0.717, 1.165) is 21.2 Å². The van der Waals surface area contributed by atoms with E-state index in [1.165, 1.54) is 5.56 Å². The predicted octanol–water partition coefficient (Wildman–Crippen LogP) is 6.42. The average molecular weight is 566 g/mol. The van der Waals surface area contributed by atoms with Crippen molar-refractivity contribution in [1.82, 2.24) is 10.2 Å². The van der Waals surface area contributed by atoms with E-state index in [-0.39, 0.29) is 24.5 Å². The van der Waals surface area contributed by atoms with E-state index in [2.05, 4.69) is 35.1 Å². The van der Waals surface area contributed by atoms with Crippen LogP contribution in [-0.2, 0) is 22.6 Å². The Hall–Kier alpha value is -3.12. The van der Waals surface area contributed by atoms with Crippen LogP contribution < -0.4 is 10.1 Å². The van der Waals surface area contributed by atoms with Gasteiger partial charge in [0, 0.05) is 19.0 Å². The summed E-state index contributed by atoms with van der Waals surface area (Å²) in [6.07, 6.45) is 0.406. The van der Waals surface area contributed by atoms with Crippen molar-refractivity contribution in [3.8, 4) is 5.75 Å². The predicted molar refractivity (Wildman–Crippen MR) is 153 cm³/mol. The zero-order valence-electron chi connectivity index (χ0n) is 22.3. The summed E-state index contributed by atoms with van der Waals surface area (Å²) in [5.41, 5.74) is 4.23. The lowest BCUT2D eigenvalue weighted by atomic mass is 10.0. The van der Waals surface area contributed by atoms with E-state index in [1.54, 1.807) is 4.90 Å². The average Bonchev–Trinajstić information content (AvgIpc) is 2.85. The van der Waals surface area contributed by atoms with Gasteiger partial charge in [0.25, 0.3) is 5.91 Å². The molecular formula is C31H37BrN2O3. The second kappa shape index (κ2) is 13.4. The highest BCUT2D eigenvalue weighted by atomic mass is 79.9. The Morgan fingerprint density at radius 2 is 1.62 bits per heavy atom.